The average Bonchev–Trinajstić information content (AvgIpc) is 2.82. The summed E-state index contributed by atoms with van der Waals surface area (Å²) in [6.45, 7) is 1.15. The monoisotopic (exact) mass is 507 g/mol. The molecule has 5 rings (SSSR count). The van der Waals surface area contributed by atoms with Crippen molar-refractivity contribution in [2.24, 2.45) is 5.41 Å². The Morgan fingerprint density at radius 3 is 2.29 bits per heavy atom. The molecule has 2 aromatic rings. The van der Waals surface area contributed by atoms with Gasteiger partial charge in [-0.2, -0.15) is 0 Å². The summed E-state index contributed by atoms with van der Waals surface area (Å²) in [5.74, 6) is -1.07. The first kappa shape index (κ1) is 25.4. The maximum absolute atomic E-state index is 13.7. The molecule has 2 bridgehead atoms. The van der Waals surface area contributed by atoms with E-state index in [1.54, 1.807) is 19.1 Å². The quantitative estimate of drug-likeness (QED) is 0.521. The summed E-state index contributed by atoms with van der Waals surface area (Å²) in [6.07, 6.45) is 2.26. The number of aliphatic hydroxyl groups is 1. The molecular formula is C26H28ClF2NO5. The van der Waals surface area contributed by atoms with Crippen LogP contribution in [0.4, 0.5) is 8.78 Å². The first-order valence-electron chi connectivity index (χ1n) is 11.6. The molecule has 0 radical (unpaired) electrons. The Kier molecular flexibility index (Phi) is 7.33. The fraction of sp³-hybridized carbons (Fsp3) is 0.462. The van der Waals surface area contributed by atoms with Gasteiger partial charge in [0.25, 0.3) is 5.91 Å². The van der Waals surface area contributed by atoms with Gasteiger partial charge in [0.1, 0.15) is 29.7 Å². The summed E-state index contributed by atoms with van der Waals surface area (Å²) >= 11 is 5.66. The highest BCUT2D eigenvalue weighted by molar-refractivity contribution is 6.30. The Bertz CT molecular complexity index is 1120. The Hall–Kier alpha value is -2.71. The topological polar surface area (TPSA) is 84.9 Å². The molecule has 3 aliphatic carbocycles. The Balaban J connectivity index is 1.28. The van der Waals surface area contributed by atoms with Crippen LogP contribution in [0.15, 0.2) is 36.4 Å². The molecular weight excluding hydrogens is 480 g/mol. The van der Waals surface area contributed by atoms with E-state index in [1.807, 2.05) is 0 Å². The second-order valence-electron chi connectivity index (χ2n) is 9.70. The highest BCUT2D eigenvalue weighted by atomic mass is 35.5. The van der Waals surface area contributed by atoms with Gasteiger partial charge < -0.3 is 19.9 Å². The summed E-state index contributed by atoms with van der Waals surface area (Å²) in [5, 5.41) is 13.8. The second-order valence-corrected chi connectivity index (χ2v) is 10.1. The Labute approximate surface area is 207 Å². The van der Waals surface area contributed by atoms with Crippen LogP contribution in [0.2, 0.25) is 5.02 Å². The number of benzene rings is 2. The van der Waals surface area contributed by atoms with E-state index in [-0.39, 0.29) is 53.3 Å². The Morgan fingerprint density at radius 2 is 1.66 bits per heavy atom. The van der Waals surface area contributed by atoms with E-state index in [0.29, 0.717) is 37.7 Å². The number of halogens is 3. The van der Waals surface area contributed by atoms with Gasteiger partial charge in [0, 0.05) is 18.6 Å². The van der Waals surface area contributed by atoms with Crippen molar-refractivity contribution in [3.8, 4) is 11.5 Å². The molecule has 0 unspecified atom stereocenters. The van der Waals surface area contributed by atoms with Crippen molar-refractivity contribution in [3.63, 3.8) is 0 Å². The molecule has 2 N–H and O–H groups in total. The molecule has 3 fully saturated rings. The molecule has 2 aromatic carbocycles. The molecule has 1 amide bonds. The van der Waals surface area contributed by atoms with Crippen molar-refractivity contribution in [1.29, 1.82) is 0 Å². The fourth-order valence-corrected chi connectivity index (χ4v) is 5.27. The number of amides is 1. The predicted molar refractivity (Wildman–Crippen MR) is 126 cm³/mol. The zero-order valence-electron chi connectivity index (χ0n) is 19.4. The zero-order valence-corrected chi connectivity index (χ0v) is 20.2. The summed E-state index contributed by atoms with van der Waals surface area (Å²) in [5.41, 5.74) is -0.630. The van der Waals surface area contributed by atoms with Gasteiger partial charge in [0.2, 0.25) is 0 Å². The van der Waals surface area contributed by atoms with Crippen molar-refractivity contribution in [1.82, 2.24) is 5.32 Å². The van der Waals surface area contributed by atoms with Crippen LogP contribution in [0, 0.1) is 24.0 Å². The van der Waals surface area contributed by atoms with E-state index >= 15 is 0 Å². The van der Waals surface area contributed by atoms with Crippen molar-refractivity contribution in [2.45, 2.75) is 57.1 Å². The maximum atomic E-state index is 13.7. The van der Waals surface area contributed by atoms with Gasteiger partial charge in [0.15, 0.2) is 12.4 Å². The third kappa shape index (κ3) is 5.76. The summed E-state index contributed by atoms with van der Waals surface area (Å²) in [4.78, 5) is 25.1. The molecule has 0 spiro atoms. The number of Topliss-reactive ketones (excluding diaryl/α,β-unsaturated/α-hetero) is 1. The molecule has 0 aromatic heterocycles. The number of hydrogen-bond acceptors (Lipinski definition) is 5. The van der Waals surface area contributed by atoms with Crippen LogP contribution in [0.25, 0.3) is 0 Å². The van der Waals surface area contributed by atoms with Crippen LogP contribution in [0.5, 0.6) is 11.5 Å². The molecule has 3 saturated carbocycles. The van der Waals surface area contributed by atoms with Crippen LogP contribution < -0.4 is 14.8 Å². The summed E-state index contributed by atoms with van der Waals surface area (Å²) in [6, 6.07) is 8.40. The molecule has 6 nitrogen and oxygen atoms in total. The van der Waals surface area contributed by atoms with E-state index < -0.39 is 23.3 Å². The molecule has 188 valence electrons. The molecule has 9 heteroatoms. The number of rotatable bonds is 9. The van der Waals surface area contributed by atoms with Gasteiger partial charge in [-0.15, -0.1) is 0 Å². The predicted octanol–water partition coefficient (Wildman–Crippen LogP) is 4.52. The number of aryl methyl sites for hydroxylation is 1. The second kappa shape index (κ2) is 10.1. The lowest BCUT2D eigenvalue weighted by Gasteiger charge is -2.56. The summed E-state index contributed by atoms with van der Waals surface area (Å²) in [7, 11) is 0. The van der Waals surface area contributed by atoms with Gasteiger partial charge in [0.05, 0.1) is 16.7 Å². The third-order valence-electron chi connectivity index (χ3n) is 7.23. The first-order valence-corrected chi connectivity index (χ1v) is 12.0. The molecule has 1 atom stereocenters. The highest BCUT2D eigenvalue weighted by Crippen LogP contribution is 2.54. The minimum atomic E-state index is -0.801. The van der Waals surface area contributed by atoms with Crippen molar-refractivity contribution >= 4 is 23.3 Å². The lowest BCUT2D eigenvalue weighted by molar-refractivity contribution is -0.140. The van der Waals surface area contributed by atoms with Crippen LogP contribution in [0.3, 0.4) is 0 Å². The fourth-order valence-electron chi connectivity index (χ4n) is 5.15. The highest BCUT2D eigenvalue weighted by Gasteiger charge is 2.55. The van der Waals surface area contributed by atoms with E-state index in [9.17, 15) is 23.5 Å². The number of carbonyl (C=O) groups excluding carboxylic acids is 2. The minimum absolute atomic E-state index is 0.0212. The smallest absolute Gasteiger partial charge is 0.258 e. The number of ketones is 1. The minimum Gasteiger partial charge on any atom is -0.486 e. The standard InChI is InChI=1S/C26H28ClF2NO5/c1-16-2-3-18(10-21(16)28)35-15-24(33)30-26-8-6-25(7-9-26,13-23(26)32)12-17(31)14-34-19-4-5-20(27)22(29)11-19/h2-5,10-11,23,32H,6-9,12-15H2,1H3,(H,30,33)/t23-,25?,26?/m0/s1. The van der Waals surface area contributed by atoms with Crippen LogP contribution in [0.1, 0.15) is 44.1 Å². The van der Waals surface area contributed by atoms with Gasteiger partial charge >= 0.3 is 0 Å². The number of carbonyl (C=O) groups is 2. The first-order chi connectivity index (χ1) is 16.6. The largest absolute Gasteiger partial charge is 0.486 e. The third-order valence-corrected chi connectivity index (χ3v) is 7.54. The lowest BCUT2D eigenvalue weighted by Crippen LogP contribution is -2.65. The van der Waals surface area contributed by atoms with Crippen LogP contribution in [-0.2, 0) is 9.59 Å². The SMILES string of the molecule is Cc1ccc(OCC(=O)NC23CCC(CC(=O)COc4ccc(Cl)c(F)c4)(CC2)C[C@@H]3O)cc1F. The van der Waals surface area contributed by atoms with Crippen molar-refractivity contribution in [3.05, 3.63) is 58.6 Å². The van der Waals surface area contributed by atoms with Crippen LogP contribution in [-0.4, -0.2) is 41.7 Å². The van der Waals surface area contributed by atoms with Gasteiger partial charge in [-0.05, 0) is 68.2 Å². The molecule has 0 heterocycles. The van der Waals surface area contributed by atoms with Gasteiger partial charge in [-0.25, -0.2) is 8.78 Å². The van der Waals surface area contributed by atoms with E-state index in [1.165, 1.54) is 18.2 Å². The maximum Gasteiger partial charge on any atom is 0.258 e. The normalized spacial score (nSPS) is 25.2. The van der Waals surface area contributed by atoms with Crippen molar-refractivity contribution in [2.75, 3.05) is 13.2 Å². The van der Waals surface area contributed by atoms with E-state index in [4.69, 9.17) is 21.1 Å². The van der Waals surface area contributed by atoms with Crippen molar-refractivity contribution < 1.29 is 33.0 Å². The summed E-state index contributed by atoms with van der Waals surface area (Å²) < 4.78 is 38.1. The lowest BCUT2D eigenvalue weighted by atomic mass is 9.54. The number of ether oxygens (including phenoxy) is 2. The average molecular weight is 508 g/mol. The van der Waals surface area contributed by atoms with Crippen LogP contribution >= 0.6 is 11.6 Å². The number of nitrogens with one attached hydrogen (secondary N) is 1. The van der Waals surface area contributed by atoms with E-state index in [0.717, 1.165) is 6.07 Å². The molecule has 0 aliphatic heterocycles. The number of hydrogen-bond donors (Lipinski definition) is 2. The van der Waals surface area contributed by atoms with Gasteiger partial charge in [-0.1, -0.05) is 17.7 Å². The van der Waals surface area contributed by atoms with E-state index in [2.05, 4.69) is 5.32 Å². The molecule has 35 heavy (non-hydrogen) atoms. The Morgan fingerprint density at radius 1 is 1.03 bits per heavy atom. The number of fused-ring (bicyclic) bond motifs is 3. The zero-order chi connectivity index (χ0) is 25.2. The molecule has 0 saturated heterocycles. The number of aliphatic hydroxyl groups excluding tert-OH is 1. The molecule has 3 aliphatic rings. The van der Waals surface area contributed by atoms with Gasteiger partial charge in [-0.3, -0.25) is 9.59 Å².